The molecule has 0 spiro atoms. The van der Waals surface area contributed by atoms with Gasteiger partial charge in [-0.1, -0.05) is 6.07 Å². The smallest absolute Gasteiger partial charge is 0.305 e. The highest BCUT2D eigenvalue weighted by Crippen LogP contribution is 2.17. The second kappa shape index (κ2) is 5.14. The van der Waals surface area contributed by atoms with Crippen LogP contribution in [-0.4, -0.2) is 39.5 Å². The highest BCUT2D eigenvalue weighted by atomic mass is 16.4. The van der Waals surface area contributed by atoms with Crippen LogP contribution in [0.3, 0.4) is 0 Å². The topological polar surface area (TPSA) is 96.5 Å². The third-order valence-electron chi connectivity index (χ3n) is 2.99. The van der Waals surface area contributed by atoms with Gasteiger partial charge in [-0.05, 0) is 11.6 Å². The molecule has 0 radical (unpaired) electrons. The molecule has 1 aromatic rings. The number of pyridine rings is 1. The summed E-state index contributed by atoms with van der Waals surface area (Å²) in [5.74, 6) is -1.37. The van der Waals surface area contributed by atoms with Crippen LogP contribution >= 0.6 is 0 Å². The zero-order valence-electron chi connectivity index (χ0n) is 9.87. The minimum Gasteiger partial charge on any atom is -0.481 e. The van der Waals surface area contributed by atoms with E-state index >= 15 is 0 Å². The van der Waals surface area contributed by atoms with Crippen molar-refractivity contribution in [3.63, 3.8) is 0 Å². The van der Waals surface area contributed by atoms with Gasteiger partial charge in [0, 0.05) is 31.4 Å². The van der Waals surface area contributed by atoms with E-state index in [0.717, 1.165) is 11.3 Å². The largest absolute Gasteiger partial charge is 0.481 e. The number of fused-ring (bicyclic) bond motifs is 1. The van der Waals surface area contributed by atoms with Gasteiger partial charge in [0.05, 0.1) is 12.5 Å². The van der Waals surface area contributed by atoms with E-state index in [9.17, 15) is 9.59 Å². The average molecular weight is 249 g/mol. The third-order valence-corrected chi connectivity index (χ3v) is 2.99. The van der Waals surface area contributed by atoms with E-state index in [1.54, 1.807) is 11.1 Å². The second-order valence-corrected chi connectivity index (χ2v) is 4.32. The Morgan fingerprint density at radius 1 is 1.56 bits per heavy atom. The van der Waals surface area contributed by atoms with Crippen LogP contribution < -0.4 is 5.73 Å². The summed E-state index contributed by atoms with van der Waals surface area (Å²) in [6.45, 7) is 0.992. The molecule has 0 bridgehead atoms. The summed E-state index contributed by atoms with van der Waals surface area (Å²) in [5.41, 5.74) is 7.57. The maximum absolute atomic E-state index is 12.0. The minimum absolute atomic E-state index is 0.313. The van der Waals surface area contributed by atoms with E-state index in [0.29, 0.717) is 19.5 Å². The van der Waals surface area contributed by atoms with E-state index in [1.165, 1.54) is 0 Å². The van der Waals surface area contributed by atoms with Crippen molar-refractivity contribution in [2.45, 2.75) is 25.4 Å². The Hall–Kier alpha value is -1.95. The van der Waals surface area contributed by atoms with Gasteiger partial charge in [0.1, 0.15) is 0 Å². The molecule has 0 aliphatic carbocycles. The average Bonchev–Trinajstić information content (AvgIpc) is 2.36. The van der Waals surface area contributed by atoms with Crippen molar-refractivity contribution in [3.05, 3.63) is 29.6 Å². The summed E-state index contributed by atoms with van der Waals surface area (Å²) in [6, 6.07) is 2.77. The lowest BCUT2D eigenvalue weighted by Crippen LogP contribution is -2.46. The molecule has 2 rings (SSSR count). The Morgan fingerprint density at radius 2 is 2.33 bits per heavy atom. The number of aromatic nitrogens is 1. The molecule has 6 heteroatoms. The summed E-state index contributed by atoms with van der Waals surface area (Å²) in [7, 11) is 0. The SMILES string of the molecule is NC(CC(=O)O)C(=O)N1CCc2ncccc2C1. The van der Waals surface area contributed by atoms with Gasteiger partial charge in [0.15, 0.2) is 0 Å². The van der Waals surface area contributed by atoms with Crippen molar-refractivity contribution in [2.75, 3.05) is 6.54 Å². The summed E-state index contributed by atoms with van der Waals surface area (Å²) in [6.07, 6.45) is 2.07. The fourth-order valence-electron chi connectivity index (χ4n) is 2.06. The molecule has 0 saturated heterocycles. The van der Waals surface area contributed by atoms with Gasteiger partial charge in [-0.3, -0.25) is 14.6 Å². The minimum atomic E-state index is -1.06. The van der Waals surface area contributed by atoms with Crippen molar-refractivity contribution in [1.29, 1.82) is 0 Å². The predicted octanol–water partition coefficient (Wildman–Crippen LogP) is -0.232. The molecule has 1 aliphatic heterocycles. The Kier molecular flexibility index (Phi) is 3.57. The molecule has 1 aromatic heterocycles. The normalized spacial score (nSPS) is 15.9. The summed E-state index contributed by atoms with van der Waals surface area (Å²) in [5, 5.41) is 8.63. The fraction of sp³-hybridized carbons (Fsp3) is 0.417. The van der Waals surface area contributed by atoms with Crippen LogP contribution in [0.15, 0.2) is 18.3 Å². The first-order valence-electron chi connectivity index (χ1n) is 5.77. The zero-order chi connectivity index (χ0) is 13.1. The third kappa shape index (κ3) is 2.65. The Labute approximate surface area is 104 Å². The molecule has 2 heterocycles. The quantitative estimate of drug-likeness (QED) is 0.771. The van der Waals surface area contributed by atoms with E-state index in [2.05, 4.69) is 4.98 Å². The summed E-state index contributed by atoms with van der Waals surface area (Å²) in [4.78, 5) is 28.3. The van der Waals surface area contributed by atoms with Gasteiger partial charge in [0.2, 0.25) is 5.91 Å². The van der Waals surface area contributed by atoms with Crippen molar-refractivity contribution in [3.8, 4) is 0 Å². The molecule has 18 heavy (non-hydrogen) atoms. The summed E-state index contributed by atoms with van der Waals surface area (Å²) >= 11 is 0. The molecule has 1 amide bonds. The number of amides is 1. The zero-order valence-corrected chi connectivity index (χ0v) is 9.87. The number of carbonyl (C=O) groups is 2. The molecule has 96 valence electrons. The van der Waals surface area contributed by atoms with Crippen molar-refractivity contribution in [2.24, 2.45) is 5.73 Å². The second-order valence-electron chi connectivity index (χ2n) is 4.32. The van der Waals surface area contributed by atoms with Crippen LogP contribution in [0.25, 0.3) is 0 Å². The highest BCUT2D eigenvalue weighted by molar-refractivity contribution is 5.86. The number of rotatable bonds is 3. The number of carbonyl (C=O) groups excluding carboxylic acids is 1. The first kappa shape index (κ1) is 12.5. The standard InChI is InChI=1S/C12H15N3O3/c13-9(6-11(16)17)12(18)15-5-3-10-8(7-15)2-1-4-14-10/h1-2,4,9H,3,5-7,13H2,(H,16,17). The molecule has 6 nitrogen and oxygen atoms in total. The highest BCUT2D eigenvalue weighted by Gasteiger charge is 2.26. The Balaban J connectivity index is 2.04. The maximum atomic E-state index is 12.0. The van der Waals surface area contributed by atoms with Gasteiger partial charge in [-0.25, -0.2) is 0 Å². The van der Waals surface area contributed by atoms with Crippen molar-refractivity contribution >= 4 is 11.9 Å². The van der Waals surface area contributed by atoms with Gasteiger partial charge in [-0.15, -0.1) is 0 Å². The van der Waals surface area contributed by atoms with Gasteiger partial charge in [-0.2, -0.15) is 0 Å². The van der Waals surface area contributed by atoms with E-state index < -0.39 is 12.0 Å². The number of hydrogen-bond donors (Lipinski definition) is 2. The first-order chi connectivity index (χ1) is 8.58. The first-order valence-corrected chi connectivity index (χ1v) is 5.77. The number of carboxylic acid groups (broad SMARTS) is 1. The molecule has 1 atom stereocenters. The van der Waals surface area contributed by atoms with Crippen LogP contribution in [0.2, 0.25) is 0 Å². The van der Waals surface area contributed by atoms with Crippen LogP contribution in [-0.2, 0) is 22.6 Å². The molecule has 0 saturated carbocycles. The number of aliphatic carboxylic acids is 1. The van der Waals surface area contributed by atoms with Crippen LogP contribution in [0.5, 0.6) is 0 Å². The molecule has 1 unspecified atom stereocenters. The van der Waals surface area contributed by atoms with Gasteiger partial charge in [0.25, 0.3) is 0 Å². The van der Waals surface area contributed by atoms with Crippen molar-refractivity contribution < 1.29 is 14.7 Å². The number of hydrogen-bond acceptors (Lipinski definition) is 4. The molecule has 3 N–H and O–H groups in total. The van der Waals surface area contributed by atoms with E-state index in [1.807, 2.05) is 12.1 Å². The Bertz CT molecular complexity index is 475. The van der Waals surface area contributed by atoms with E-state index in [-0.39, 0.29) is 12.3 Å². The fourth-order valence-corrected chi connectivity index (χ4v) is 2.06. The van der Waals surface area contributed by atoms with Crippen LogP contribution in [0, 0.1) is 0 Å². The monoisotopic (exact) mass is 249 g/mol. The van der Waals surface area contributed by atoms with E-state index in [4.69, 9.17) is 10.8 Å². The number of nitrogens with two attached hydrogens (primary N) is 1. The number of nitrogens with zero attached hydrogens (tertiary/aromatic N) is 2. The lowest BCUT2D eigenvalue weighted by atomic mass is 10.0. The lowest BCUT2D eigenvalue weighted by Gasteiger charge is -2.29. The van der Waals surface area contributed by atoms with Gasteiger partial charge >= 0.3 is 5.97 Å². The lowest BCUT2D eigenvalue weighted by molar-refractivity contribution is -0.142. The van der Waals surface area contributed by atoms with Crippen LogP contribution in [0.4, 0.5) is 0 Å². The van der Waals surface area contributed by atoms with Gasteiger partial charge < -0.3 is 15.7 Å². The molecular formula is C12H15N3O3. The maximum Gasteiger partial charge on any atom is 0.305 e. The van der Waals surface area contributed by atoms with Crippen molar-refractivity contribution in [1.82, 2.24) is 9.88 Å². The van der Waals surface area contributed by atoms with Crippen LogP contribution in [0.1, 0.15) is 17.7 Å². The molecule has 0 fully saturated rings. The molecule has 1 aliphatic rings. The number of carboxylic acids is 1. The Morgan fingerprint density at radius 3 is 3.06 bits per heavy atom. The predicted molar refractivity (Wildman–Crippen MR) is 63.6 cm³/mol. The molecule has 0 aromatic carbocycles. The molecular weight excluding hydrogens is 234 g/mol. The summed E-state index contributed by atoms with van der Waals surface area (Å²) < 4.78 is 0.